The fourth-order valence-electron chi connectivity index (χ4n) is 8.16. The van der Waals surface area contributed by atoms with E-state index in [-0.39, 0.29) is 24.2 Å². The maximum atomic E-state index is 9.76. The maximum absolute atomic E-state index is 9.76. The summed E-state index contributed by atoms with van der Waals surface area (Å²) in [7, 11) is 0. The topological polar surface area (TPSA) is 21.3 Å². The normalized spacial score (nSPS) is 12.8. The first kappa shape index (κ1) is 25.8. The third-order valence-corrected chi connectivity index (χ3v) is 10.5. The minimum absolute atomic E-state index is 0.134. The third-order valence-electron chi connectivity index (χ3n) is 10.5. The van der Waals surface area contributed by atoms with E-state index in [0.29, 0.717) is 17.0 Å². The Morgan fingerprint density at radius 2 is 1.09 bits per heavy atom. The Bertz CT molecular complexity index is 3360. The number of anilines is 3. The summed E-state index contributed by atoms with van der Waals surface area (Å²) in [5.74, 6) is 0. The number of fused-ring (bicyclic) bond motifs is 9. The van der Waals surface area contributed by atoms with Crippen LogP contribution in [-0.4, -0.2) is 4.57 Å². The second-order valence-electron chi connectivity index (χ2n) is 13.4. The van der Waals surface area contributed by atoms with Crippen molar-refractivity contribution in [3.8, 4) is 16.8 Å². The van der Waals surface area contributed by atoms with Crippen LogP contribution in [0.4, 0.5) is 17.1 Å². The highest BCUT2D eigenvalue weighted by Gasteiger charge is 2.24. The SMILES string of the molecule is [2H]c1c([2H])c([2H])c(-n2c3ccccc3c3ccccc32)c(N(c2ccc(-c3cccc4ccccc34)cc2)c2cccc3oc4c5ccccc5ccc4c23)c1[2H]. The molecular weight excluding hydrogens is 645 g/mol. The molecule has 0 saturated heterocycles. The summed E-state index contributed by atoms with van der Waals surface area (Å²) >= 11 is 0. The fourth-order valence-corrected chi connectivity index (χ4v) is 8.16. The highest BCUT2D eigenvalue weighted by atomic mass is 16.3. The number of aromatic nitrogens is 1. The van der Waals surface area contributed by atoms with Crippen LogP contribution in [0.25, 0.3) is 82.1 Å². The molecule has 0 atom stereocenters. The smallest absolute Gasteiger partial charge is 0.143 e. The summed E-state index contributed by atoms with van der Waals surface area (Å²) in [6.45, 7) is 0. The van der Waals surface area contributed by atoms with Gasteiger partial charge in [-0.15, -0.1) is 0 Å². The van der Waals surface area contributed by atoms with Crippen molar-refractivity contribution in [1.29, 1.82) is 0 Å². The summed E-state index contributed by atoms with van der Waals surface area (Å²) in [6, 6.07) is 56.4. The van der Waals surface area contributed by atoms with Crippen LogP contribution in [0.2, 0.25) is 0 Å². The van der Waals surface area contributed by atoms with Gasteiger partial charge in [-0.05, 0) is 81.8 Å². The van der Waals surface area contributed by atoms with Gasteiger partial charge in [0.2, 0.25) is 0 Å². The van der Waals surface area contributed by atoms with Gasteiger partial charge in [0.15, 0.2) is 0 Å². The lowest BCUT2D eigenvalue weighted by Gasteiger charge is -2.29. The zero-order valence-corrected chi connectivity index (χ0v) is 28.5. The predicted molar refractivity (Wildman–Crippen MR) is 223 cm³/mol. The zero-order valence-electron chi connectivity index (χ0n) is 32.5. The lowest BCUT2D eigenvalue weighted by atomic mass is 9.98. The second-order valence-corrected chi connectivity index (χ2v) is 13.4. The Labute approximate surface area is 311 Å². The van der Waals surface area contributed by atoms with Gasteiger partial charge < -0.3 is 13.9 Å². The van der Waals surface area contributed by atoms with Crippen molar-refractivity contribution in [3.05, 3.63) is 194 Å². The van der Waals surface area contributed by atoms with Gasteiger partial charge in [0.05, 0.1) is 39.0 Å². The molecule has 0 spiro atoms. The number of benzene rings is 9. The standard InChI is InChI=1S/C50H32N2O/c1-3-16-37-33(13-1)15-11-20-38(37)35-27-30-36(31-28-35)51(47-25-12-26-48-49(47)42-32-29-34-14-2-4-17-39(34)50(42)53-48)45-23-9-10-24-46(45)52-43-21-7-5-18-40(43)41-19-6-8-22-44(41)52/h1-32H/i9D,10D,23D,24D. The molecule has 0 radical (unpaired) electrons. The van der Waals surface area contributed by atoms with Crippen LogP contribution in [-0.2, 0) is 0 Å². The van der Waals surface area contributed by atoms with E-state index in [0.717, 1.165) is 82.2 Å². The molecule has 11 rings (SSSR count). The number of hydrogen-bond donors (Lipinski definition) is 0. The zero-order chi connectivity index (χ0) is 38.4. The van der Waals surface area contributed by atoms with Gasteiger partial charge in [-0.3, -0.25) is 0 Å². The molecule has 0 amide bonds. The maximum Gasteiger partial charge on any atom is 0.143 e. The molecule has 9 aromatic carbocycles. The Balaban J connectivity index is 1.26. The molecule has 0 N–H and O–H groups in total. The van der Waals surface area contributed by atoms with Gasteiger partial charge >= 0.3 is 0 Å². The predicted octanol–water partition coefficient (Wildman–Crippen LogP) is 14.1. The summed E-state index contributed by atoms with van der Waals surface area (Å²) in [6.07, 6.45) is 0. The van der Waals surface area contributed by atoms with Crippen molar-refractivity contribution in [1.82, 2.24) is 4.57 Å². The molecule has 2 aromatic heterocycles. The van der Waals surface area contributed by atoms with Crippen LogP contribution in [0.1, 0.15) is 5.48 Å². The molecule has 11 aromatic rings. The van der Waals surface area contributed by atoms with Crippen molar-refractivity contribution < 1.29 is 9.90 Å². The molecule has 53 heavy (non-hydrogen) atoms. The highest BCUT2D eigenvalue weighted by molar-refractivity contribution is 6.20. The van der Waals surface area contributed by atoms with Crippen LogP contribution in [0.15, 0.2) is 198 Å². The Morgan fingerprint density at radius 3 is 1.87 bits per heavy atom. The highest BCUT2D eigenvalue weighted by Crippen LogP contribution is 2.47. The van der Waals surface area contributed by atoms with E-state index in [1.807, 2.05) is 94.4 Å². The van der Waals surface area contributed by atoms with E-state index < -0.39 is 0 Å². The summed E-state index contributed by atoms with van der Waals surface area (Å²) in [5, 5.41) is 8.11. The van der Waals surface area contributed by atoms with Crippen molar-refractivity contribution in [2.45, 2.75) is 0 Å². The summed E-state index contributed by atoms with van der Waals surface area (Å²) in [4.78, 5) is 2.00. The Kier molecular flexibility index (Phi) is 5.71. The van der Waals surface area contributed by atoms with E-state index in [4.69, 9.17) is 7.16 Å². The lowest BCUT2D eigenvalue weighted by Crippen LogP contribution is -2.13. The first-order valence-electron chi connectivity index (χ1n) is 19.8. The lowest BCUT2D eigenvalue weighted by molar-refractivity contribution is 0.672. The molecule has 0 fully saturated rings. The Hall–Kier alpha value is -7.10. The molecule has 3 heteroatoms. The van der Waals surface area contributed by atoms with E-state index in [9.17, 15) is 2.74 Å². The number of para-hydroxylation sites is 4. The quantitative estimate of drug-likeness (QED) is 0.180. The monoisotopic (exact) mass is 680 g/mol. The van der Waals surface area contributed by atoms with Crippen LogP contribution < -0.4 is 4.90 Å². The first-order chi connectivity index (χ1) is 28.0. The van der Waals surface area contributed by atoms with Gasteiger partial charge in [0, 0.05) is 27.2 Å². The van der Waals surface area contributed by atoms with Crippen molar-refractivity contribution in [3.63, 3.8) is 0 Å². The molecule has 248 valence electrons. The van der Waals surface area contributed by atoms with E-state index >= 15 is 0 Å². The molecule has 0 aliphatic rings. The van der Waals surface area contributed by atoms with E-state index in [1.54, 1.807) is 0 Å². The average Bonchev–Trinajstić information content (AvgIpc) is 3.82. The van der Waals surface area contributed by atoms with Gasteiger partial charge in [-0.1, -0.05) is 139 Å². The molecule has 0 unspecified atom stereocenters. The summed E-state index contributed by atoms with van der Waals surface area (Å²) in [5.41, 5.74) is 7.40. The molecule has 0 bridgehead atoms. The largest absolute Gasteiger partial charge is 0.455 e. The van der Waals surface area contributed by atoms with Gasteiger partial charge in [-0.25, -0.2) is 0 Å². The van der Waals surface area contributed by atoms with E-state index in [2.05, 4.69) is 84.9 Å². The van der Waals surface area contributed by atoms with Crippen LogP contribution >= 0.6 is 0 Å². The third kappa shape index (κ3) is 4.54. The first-order valence-corrected chi connectivity index (χ1v) is 17.8. The number of hydrogen-bond acceptors (Lipinski definition) is 2. The average molecular weight is 681 g/mol. The Morgan fingerprint density at radius 1 is 0.472 bits per heavy atom. The minimum Gasteiger partial charge on any atom is -0.455 e. The minimum atomic E-state index is -0.313. The van der Waals surface area contributed by atoms with Crippen LogP contribution in [0.5, 0.6) is 0 Å². The van der Waals surface area contributed by atoms with Gasteiger partial charge in [0.1, 0.15) is 11.2 Å². The molecule has 0 saturated carbocycles. The van der Waals surface area contributed by atoms with Crippen LogP contribution in [0.3, 0.4) is 0 Å². The van der Waals surface area contributed by atoms with Crippen molar-refractivity contribution >= 4 is 82.4 Å². The molecule has 0 aliphatic heterocycles. The molecule has 2 heterocycles. The second kappa shape index (κ2) is 11.7. The van der Waals surface area contributed by atoms with Crippen LogP contribution in [0, 0.1) is 0 Å². The fraction of sp³-hybridized carbons (Fsp3) is 0. The molecule has 3 nitrogen and oxygen atoms in total. The van der Waals surface area contributed by atoms with Crippen molar-refractivity contribution in [2.75, 3.05) is 4.90 Å². The van der Waals surface area contributed by atoms with Crippen molar-refractivity contribution in [2.24, 2.45) is 0 Å². The number of furan rings is 1. The summed E-state index contributed by atoms with van der Waals surface area (Å²) < 4.78 is 46.2. The molecular formula is C50H32N2O. The number of nitrogens with zero attached hydrogens (tertiary/aromatic N) is 2. The van der Waals surface area contributed by atoms with Gasteiger partial charge in [0.25, 0.3) is 0 Å². The van der Waals surface area contributed by atoms with E-state index in [1.165, 1.54) is 0 Å². The number of rotatable bonds is 5. The molecule has 0 aliphatic carbocycles. The van der Waals surface area contributed by atoms with Gasteiger partial charge in [-0.2, -0.15) is 0 Å².